The number of benzene rings is 1. The van der Waals surface area contributed by atoms with Crippen molar-refractivity contribution in [1.29, 1.82) is 0 Å². The Morgan fingerprint density at radius 2 is 1.77 bits per heavy atom. The number of halogens is 2. The van der Waals surface area contributed by atoms with Crippen LogP contribution in [0.5, 0.6) is 0 Å². The van der Waals surface area contributed by atoms with Gasteiger partial charge in [-0.05, 0) is 23.3 Å². The van der Waals surface area contributed by atoms with E-state index in [1.165, 1.54) is 0 Å². The van der Waals surface area contributed by atoms with Crippen molar-refractivity contribution < 1.29 is 13.9 Å². The predicted molar refractivity (Wildman–Crippen MR) is 41.8 cm³/mol. The fourth-order valence-corrected chi connectivity index (χ4v) is 0.993. The Morgan fingerprint density at radius 3 is 2.23 bits per heavy atom. The molecule has 0 aliphatic heterocycles. The van der Waals surface area contributed by atoms with E-state index in [2.05, 4.69) is 5.18 Å². The van der Waals surface area contributed by atoms with Crippen molar-refractivity contribution in [2.45, 2.75) is 13.2 Å². The van der Waals surface area contributed by atoms with Crippen molar-refractivity contribution in [3.63, 3.8) is 0 Å². The van der Waals surface area contributed by atoms with Gasteiger partial charge in [-0.2, -0.15) is 4.91 Å². The standard InChI is InChI=1S/C8H7F2NO2/c9-7-1-5(3-11-13)6(4-12)2-8(7)10/h1-2,12H,3-4H2. The monoisotopic (exact) mass is 187 g/mol. The molecule has 0 unspecified atom stereocenters. The third-order valence-electron chi connectivity index (χ3n) is 1.65. The summed E-state index contributed by atoms with van der Waals surface area (Å²) in [5, 5.41) is 11.3. The molecular weight excluding hydrogens is 180 g/mol. The minimum absolute atomic E-state index is 0.179. The maximum absolute atomic E-state index is 12.6. The molecule has 1 N–H and O–H groups in total. The lowest BCUT2D eigenvalue weighted by Crippen LogP contribution is -1.97. The molecule has 0 radical (unpaired) electrons. The molecule has 0 aliphatic rings. The van der Waals surface area contributed by atoms with E-state index in [-0.39, 0.29) is 17.7 Å². The first-order valence-electron chi connectivity index (χ1n) is 3.55. The lowest BCUT2D eigenvalue weighted by atomic mass is 10.1. The summed E-state index contributed by atoms with van der Waals surface area (Å²) in [6.07, 6.45) is 0. The highest BCUT2D eigenvalue weighted by Crippen LogP contribution is 2.15. The number of nitrogens with zero attached hydrogens (tertiary/aromatic N) is 1. The smallest absolute Gasteiger partial charge is 0.159 e. The van der Waals surface area contributed by atoms with E-state index in [1.54, 1.807) is 0 Å². The van der Waals surface area contributed by atoms with E-state index < -0.39 is 18.2 Å². The van der Waals surface area contributed by atoms with Gasteiger partial charge in [0.05, 0.1) is 6.61 Å². The van der Waals surface area contributed by atoms with Crippen LogP contribution in [0.1, 0.15) is 11.1 Å². The Balaban J connectivity index is 3.15. The van der Waals surface area contributed by atoms with Gasteiger partial charge < -0.3 is 5.11 Å². The Morgan fingerprint density at radius 1 is 1.23 bits per heavy atom. The van der Waals surface area contributed by atoms with Crippen molar-refractivity contribution in [3.8, 4) is 0 Å². The summed E-state index contributed by atoms with van der Waals surface area (Å²) in [7, 11) is 0. The molecule has 0 amide bonds. The highest BCUT2D eigenvalue weighted by atomic mass is 19.2. The third kappa shape index (κ3) is 2.06. The Kier molecular flexibility index (Phi) is 3.02. The van der Waals surface area contributed by atoms with Crippen LogP contribution < -0.4 is 0 Å². The minimum atomic E-state index is -1.05. The van der Waals surface area contributed by atoms with Crippen LogP contribution in [-0.2, 0) is 13.2 Å². The summed E-state index contributed by atoms with van der Waals surface area (Å²) in [6, 6.07) is 1.72. The molecule has 1 aromatic rings. The molecule has 0 saturated heterocycles. The van der Waals surface area contributed by atoms with Gasteiger partial charge in [0.25, 0.3) is 0 Å². The highest BCUT2D eigenvalue weighted by molar-refractivity contribution is 5.28. The largest absolute Gasteiger partial charge is 0.392 e. The predicted octanol–water partition coefficient (Wildman–Crippen LogP) is 1.72. The SMILES string of the molecule is O=NCc1cc(F)c(F)cc1CO. The lowest BCUT2D eigenvalue weighted by Gasteiger charge is -2.03. The first-order valence-corrected chi connectivity index (χ1v) is 3.55. The van der Waals surface area contributed by atoms with Crippen molar-refractivity contribution >= 4 is 0 Å². The van der Waals surface area contributed by atoms with Crippen LogP contribution in [0.3, 0.4) is 0 Å². The van der Waals surface area contributed by atoms with E-state index in [9.17, 15) is 13.7 Å². The normalized spacial score (nSPS) is 10.1. The van der Waals surface area contributed by atoms with Crippen LogP contribution in [0, 0.1) is 16.5 Å². The maximum Gasteiger partial charge on any atom is 0.159 e. The molecule has 0 bridgehead atoms. The molecule has 0 heterocycles. The van der Waals surface area contributed by atoms with Gasteiger partial charge in [-0.3, -0.25) is 0 Å². The quantitative estimate of drug-likeness (QED) is 0.732. The molecule has 0 spiro atoms. The second-order valence-corrected chi connectivity index (χ2v) is 2.48. The molecule has 1 rings (SSSR count). The van der Waals surface area contributed by atoms with Crippen molar-refractivity contribution in [3.05, 3.63) is 39.8 Å². The topological polar surface area (TPSA) is 49.7 Å². The average molecular weight is 187 g/mol. The molecule has 13 heavy (non-hydrogen) atoms. The van der Waals surface area contributed by atoms with Crippen molar-refractivity contribution in [2.75, 3.05) is 0 Å². The van der Waals surface area contributed by atoms with Gasteiger partial charge in [-0.15, -0.1) is 0 Å². The number of rotatable bonds is 3. The summed E-state index contributed by atoms with van der Waals surface area (Å²) in [6.45, 7) is -0.713. The fraction of sp³-hybridized carbons (Fsp3) is 0.250. The molecular formula is C8H7F2NO2. The van der Waals surface area contributed by atoms with Crippen molar-refractivity contribution in [2.24, 2.45) is 5.18 Å². The summed E-state index contributed by atoms with van der Waals surface area (Å²) >= 11 is 0. The molecule has 0 atom stereocenters. The van der Waals surface area contributed by atoms with Crippen LogP contribution in [-0.4, -0.2) is 5.11 Å². The van der Waals surface area contributed by atoms with Gasteiger partial charge in [0, 0.05) is 0 Å². The second-order valence-electron chi connectivity index (χ2n) is 2.48. The number of hydrogen-bond donors (Lipinski definition) is 1. The molecule has 5 heteroatoms. The fourth-order valence-electron chi connectivity index (χ4n) is 0.993. The minimum Gasteiger partial charge on any atom is -0.392 e. The first-order chi connectivity index (χ1) is 6.19. The summed E-state index contributed by atoms with van der Waals surface area (Å²) < 4.78 is 25.2. The Hall–Kier alpha value is -1.36. The van der Waals surface area contributed by atoms with Crippen LogP contribution >= 0.6 is 0 Å². The van der Waals surface area contributed by atoms with Crippen LogP contribution in [0.4, 0.5) is 8.78 Å². The molecule has 3 nitrogen and oxygen atoms in total. The zero-order valence-electron chi connectivity index (χ0n) is 6.63. The summed E-state index contributed by atoms with van der Waals surface area (Å²) in [5.74, 6) is -2.09. The van der Waals surface area contributed by atoms with E-state index in [1.807, 2.05) is 0 Å². The summed E-state index contributed by atoms with van der Waals surface area (Å²) in [4.78, 5) is 9.89. The number of aliphatic hydroxyl groups is 1. The zero-order valence-corrected chi connectivity index (χ0v) is 6.63. The lowest BCUT2D eigenvalue weighted by molar-refractivity contribution is 0.279. The number of aliphatic hydroxyl groups excluding tert-OH is 1. The zero-order chi connectivity index (χ0) is 9.84. The molecule has 0 saturated carbocycles. The van der Waals surface area contributed by atoms with Gasteiger partial charge in [0.1, 0.15) is 6.54 Å². The number of hydrogen-bond acceptors (Lipinski definition) is 3. The van der Waals surface area contributed by atoms with E-state index >= 15 is 0 Å². The van der Waals surface area contributed by atoms with Crippen LogP contribution in [0.25, 0.3) is 0 Å². The second kappa shape index (κ2) is 4.04. The maximum atomic E-state index is 12.6. The first kappa shape index (κ1) is 9.73. The van der Waals surface area contributed by atoms with Gasteiger partial charge in [-0.25, -0.2) is 8.78 Å². The average Bonchev–Trinajstić information content (AvgIpc) is 2.11. The van der Waals surface area contributed by atoms with Gasteiger partial charge in [0.2, 0.25) is 0 Å². The molecule has 0 aliphatic carbocycles. The highest BCUT2D eigenvalue weighted by Gasteiger charge is 2.08. The molecule has 0 aromatic heterocycles. The van der Waals surface area contributed by atoms with E-state index in [0.717, 1.165) is 12.1 Å². The Labute approximate surface area is 73.0 Å². The van der Waals surface area contributed by atoms with E-state index in [0.29, 0.717) is 0 Å². The molecule has 1 aromatic carbocycles. The van der Waals surface area contributed by atoms with Gasteiger partial charge in [-0.1, -0.05) is 5.18 Å². The van der Waals surface area contributed by atoms with Gasteiger partial charge >= 0.3 is 0 Å². The molecule has 0 fully saturated rings. The van der Waals surface area contributed by atoms with E-state index in [4.69, 9.17) is 5.11 Å². The summed E-state index contributed by atoms with van der Waals surface area (Å²) in [5.41, 5.74) is 0.384. The Bertz CT molecular complexity index is 328. The van der Waals surface area contributed by atoms with Crippen molar-refractivity contribution in [1.82, 2.24) is 0 Å². The molecule has 70 valence electrons. The third-order valence-corrected chi connectivity index (χ3v) is 1.65. The number of nitroso groups, excluding NO2 is 1. The van der Waals surface area contributed by atoms with Crippen LogP contribution in [0.2, 0.25) is 0 Å². The van der Waals surface area contributed by atoms with Crippen LogP contribution in [0.15, 0.2) is 17.3 Å². The van der Waals surface area contributed by atoms with Gasteiger partial charge in [0.15, 0.2) is 11.6 Å².